The van der Waals surface area contributed by atoms with Crippen LogP contribution in [0.25, 0.3) is 11.4 Å². The molecule has 0 saturated carbocycles. The number of aryl methyl sites for hydroxylation is 1. The molecule has 0 bridgehead atoms. The van der Waals surface area contributed by atoms with Crippen molar-refractivity contribution in [1.82, 2.24) is 15.0 Å². The van der Waals surface area contributed by atoms with Crippen LogP contribution in [0.15, 0.2) is 28.8 Å². The van der Waals surface area contributed by atoms with Crippen LogP contribution in [0.5, 0.6) is 0 Å². The van der Waals surface area contributed by atoms with E-state index in [9.17, 15) is 4.79 Å². The molecule has 6 nitrogen and oxygen atoms in total. The smallest absolute Gasteiger partial charge is 0.227 e. The number of benzene rings is 1. The van der Waals surface area contributed by atoms with Gasteiger partial charge in [0.05, 0.1) is 12.6 Å². The minimum atomic E-state index is -0.199. The first-order valence-electron chi connectivity index (χ1n) is 8.21. The molecular formula is C18H25N3O3. The molecule has 0 aliphatic rings. The van der Waals surface area contributed by atoms with Gasteiger partial charge >= 0.3 is 0 Å². The van der Waals surface area contributed by atoms with Crippen LogP contribution in [-0.2, 0) is 11.2 Å². The van der Waals surface area contributed by atoms with Gasteiger partial charge in [-0.15, -0.1) is 0 Å². The molecule has 1 aromatic carbocycles. The quantitative estimate of drug-likeness (QED) is 0.843. The molecule has 0 saturated heterocycles. The highest BCUT2D eigenvalue weighted by molar-refractivity contribution is 5.76. The van der Waals surface area contributed by atoms with Gasteiger partial charge in [0.1, 0.15) is 0 Å². The van der Waals surface area contributed by atoms with E-state index >= 15 is 0 Å². The van der Waals surface area contributed by atoms with E-state index in [4.69, 9.17) is 9.63 Å². The number of nitrogens with zero attached hydrogens (tertiary/aromatic N) is 3. The molecule has 0 aliphatic heterocycles. The molecule has 1 unspecified atom stereocenters. The fourth-order valence-electron chi connectivity index (χ4n) is 2.25. The minimum absolute atomic E-state index is 0.0562. The molecule has 0 fully saturated rings. The molecule has 1 N–H and O–H groups in total. The number of carbonyl (C=O) groups excluding carboxylic acids is 1. The first-order chi connectivity index (χ1) is 11.4. The molecule has 1 atom stereocenters. The Kier molecular flexibility index (Phi) is 6.09. The summed E-state index contributed by atoms with van der Waals surface area (Å²) in [5, 5.41) is 13.1. The lowest BCUT2D eigenvalue weighted by Crippen LogP contribution is -2.37. The predicted molar refractivity (Wildman–Crippen MR) is 91.5 cm³/mol. The van der Waals surface area contributed by atoms with Crippen LogP contribution in [0.2, 0.25) is 0 Å². The Morgan fingerprint density at radius 1 is 1.25 bits per heavy atom. The molecule has 6 heteroatoms. The van der Waals surface area contributed by atoms with Crippen molar-refractivity contribution >= 4 is 5.91 Å². The molecule has 24 heavy (non-hydrogen) atoms. The molecule has 0 aliphatic carbocycles. The molecule has 2 aromatic rings. The first kappa shape index (κ1) is 18.1. The van der Waals surface area contributed by atoms with Gasteiger partial charge in [-0.05, 0) is 18.4 Å². The number of hydrogen-bond donors (Lipinski definition) is 1. The third-order valence-electron chi connectivity index (χ3n) is 4.18. The SMILES string of the molecule is CC(C)c1ccc(-c2noc(CCC(=O)N(C)C(C)CO)n2)cc1. The Bertz CT molecular complexity index is 664. The zero-order valence-electron chi connectivity index (χ0n) is 14.7. The fraction of sp³-hybridized carbons (Fsp3) is 0.500. The molecule has 1 heterocycles. The summed E-state index contributed by atoms with van der Waals surface area (Å²) in [6, 6.07) is 7.88. The van der Waals surface area contributed by atoms with Crippen molar-refractivity contribution < 1.29 is 14.4 Å². The van der Waals surface area contributed by atoms with Gasteiger partial charge in [0.25, 0.3) is 0 Å². The monoisotopic (exact) mass is 331 g/mol. The minimum Gasteiger partial charge on any atom is -0.394 e. The second-order valence-electron chi connectivity index (χ2n) is 6.32. The Labute approximate surface area is 142 Å². The van der Waals surface area contributed by atoms with Crippen molar-refractivity contribution in [1.29, 1.82) is 0 Å². The van der Waals surface area contributed by atoms with Gasteiger partial charge in [0.2, 0.25) is 17.6 Å². The van der Waals surface area contributed by atoms with Crippen molar-refractivity contribution in [3.8, 4) is 11.4 Å². The van der Waals surface area contributed by atoms with E-state index in [2.05, 4.69) is 36.1 Å². The third kappa shape index (κ3) is 4.41. The lowest BCUT2D eigenvalue weighted by molar-refractivity contribution is -0.132. The van der Waals surface area contributed by atoms with Gasteiger partial charge < -0.3 is 14.5 Å². The van der Waals surface area contributed by atoms with Gasteiger partial charge in [-0.3, -0.25) is 4.79 Å². The molecular weight excluding hydrogens is 306 g/mol. The molecule has 1 aromatic heterocycles. The van der Waals surface area contributed by atoms with Crippen molar-refractivity contribution in [2.24, 2.45) is 0 Å². The largest absolute Gasteiger partial charge is 0.394 e. The summed E-state index contributed by atoms with van der Waals surface area (Å²) in [5.74, 6) is 1.39. The highest BCUT2D eigenvalue weighted by Crippen LogP contribution is 2.20. The summed E-state index contributed by atoms with van der Waals surface area (Å²) in [6.07, 6.45) is 0.660. The summed E-state index contributed by atoms with van der Waals surface area (Å²) >= 11 is 0. The van der Waals surface area contributed by atoms with Gasteiger partial charge in [-0.1, -0.05) is 43.3 Å². The van der Waals surface area contributed by atoms with Gasteiger partial charge in [-0.25, -0.2) is 0 Å². The summed E-state index contributed by atoms with van der Waals surface area (Å²) in [7, 11) is 1.68. The lowest BCUT2D eigenvalue weighted by atomic mass is 10.0. The number of hydrogen-bond acceptors (Lipinski definition) is 5. The molecule has 2 rings (SSSR count). The predicted octanol–water partition coefficient (Wildman–Crippen LogP) is 2.63. The van der Waals surface area contributed by atoms with E-state index in [1.165, 1.54) is 10.5 Å². The Morgan fingerprint density at radius 2 is 1.92 bits per heavy atom. The molecule has 0 spiro atoms. The normalized spacial score (nSPS) is 12.4. The van der Waals surface area contributed by atoms with E-state index in [1.54, 1.807) is 14.0 Å². The maximum absolute atomic E-state index is 12.0. The maximum atomic E-state index is 12.0. The zero-order valence-corrected chi connectivity index (χ0v) is 14.7. The van der Waals surface area contributed by atoms with Gasteiger partial charge in [0, 0.05) is 25.5 Å². The number of aromatic nitrogens is 2. The Morgan fingerprint density at radius 3 is 2.50 bits per heavy atom. The number of aliphatic hydroxyl groups is 1. The number of rotatable bonds is 7. The number of carbonyl (C=O) groups is 1. The highest BCUT2D eigenvalue weighted by Gasteiger charge is 2.16. The van der Waals surface area contributed by atoms with Crippen LogP contribution < -0.4 is 0 Å². The van der Waals surface area contributed by atoms with Crippen LogP contribution in [0.1, 0.15) is 44.6 Å². The third-order valence-corrected chi connectivity index (χ3v) is 4.18. The van der Waals surface area contributed by atoms with Crippen LogP contribution >= 0.6 is 0 Å². The fourth-order valence-corrected chi connectivity index (χ4v) is 2.25. The molecule has 1 amide bonds. The van der Waals surface area contributed by atoms with E-state index in [-0.39, 0.29) is 25.0 Å². The van der Waals surface area contributed by atoms with E-state index in [0.29, 0.717) is 24.1 Å². The van der Waals surface area contributed by atoms with Crippen LogP contribution in [0.4, 0.5) is 0 Å². The summed E-state index contributed by atoms with van der Waals surface area (Å²) in [5.41, 5.74) is 2.15. The Hall–Kier alpha value is -2.21. The Balaban J connectivity index is 1.97. The van der Waals surface area contributed by atoms with Crippen molar-refractivity contribution in [2.75, 3.05) is 13.7 Å². The highest BCUT2D eigenvalue weighted by atomic mass is 16.5. The zero-order chi connectivity index (χ0) is 17.7. The van der Waals surface area contributed by atoms with Gasteiger partial charge in [-0.2, -0.15) is 4.98 Å². The second-order valence-corrected chi connectivity index (χ2v) is 6.32. The van der Waals surface area contributed by atoms with Crippen molar-refractivity contribution in [3.63, 3.8) is 0 Å². The van der Waals surface area contributed by atoms with E-state index in [1.807, 2.05) is 12.1 Å². The van der Waals surface area contributed by atoms with E-state index < -0.39 is 0 Å². The van der Waals surface area contributed by atoms with E-state index in [0.717, 1.165) is 5.56 Å². The second kappa shape index (κ2) is 8.06. The number of aliphatic hydroxyl groups excluding tert-OH is 1. The summed E-state index contributed by atoms with van der Waals surface area (Å²) in [4.78, 5) is 17.9. The summed E-state index contributed by atoms with van der Waals surface area (Å²) in [6.45, 7) is 6.03. The number of likely N-dealkylation sites (N-methyl/N-ethyl adjacent to an activating group) is 1. The molecule has 0 radical (unpaired) electrons. The lowest BCUT2D eigenvalue weighted by Gasteiger charge is -2.22. The maximum Gasteiger partial charge on any atom is 0.227 e. The van der Waals surface area contributed by atoms with Gasteiger partial charge in [0.15, 0.2) is 0 Å². The first-order valence-corrected chi connectivity index (χ1v) is 8.21. The topological polar surface area (TPSA) is 79.5 Å². The average molecular weight is 331 g/mol. The standard InChI is InChI=1S/C18H25N3O3/c1-12(2)14-5-7-15(8-6-14)18-19-16(24-20-18)9-10-17(23)21(4)13(3)11-22/h5-8,12-13,22H,9-11H2,1-4H3. The summed E-state index contributed by atoms with van der Waals surface area (Å²) < 4.78 is 5.23. The van der Waals surface area contributed by atoms with Crippen LogP contribution in [-0.4, -0.2) is 45.8 Å². The van der Waals surface area contributed by atoms with Crippen molar-refractivity contribution in [3.05, 3.63) is 35.7 Å². The number of amides is 1. The van der Waals surface area contributed by atoms with Crippen LogP contribution in [0, 0.1) is 0 Å². The molecule has 130 valence electrons. The average Bonchev–Trinajstić information content (AvgIpc) is 3.07. The van der Waals surface area contributed by atoms with Crippen LogP contribution in [0.3, 0.4) is 0 Å². The van der Waals surface area contributed by atoms with Crippen molar-refractivity contribution in [2.45, 2.75) is 45.6 Å².